The first-order valence-corrected chi connectivity index (χ1v) is 12.8. The van der Waals surface area contributed by atoms with E-state index in [0.717, 1.165) is 5.82 Å². The average molecular weight is 537 g/mol. The number of hydrogen-bond acceptors (Lipinski definition) is 10. The summed E-state index contributed by atoms with van der Waals surface area (Å²) in [6.07, 6.45) is 0.955. The Morgan fingerprint density at radius 3 is 2.28 bits per heavy atom. The smallest absolute Gasteiger partial charge is 0.411 e. The van der Waals surface area contributed by atoms with Gasteiger partial charge in [0, 0.05) is 49.5 Å². The van der Waals surface area contributed by atoms with Crippen LogP contribution in [-0.2, 0) is 9.53 Å². The van der Waals surface area contributed by atoms with E-state index in [9.17, 15) is 9.59 Å². The van der Waals surface area contributed by atoms with E-state index in [2.05, 4.69) is 35.6 Å². The van der Waals surface area contributed by atoms with Crippen LogP contribution in [0.15, 0.2) is 36.7 Å². The number of nitrogens with one attached hydrogen (secondary N) is 2. The van der Waals surface area contributed by atoms with Crippen LogP contribution in [0.25, 0.3) is 5.82 Å². The summed E-state index contributed by atoms with van der Waals surface area (Å²) in [6, 6.07) is 8.94. The van der Waals surface area contributed by atoms with Gasteiger partial charge in [-0.1, -0.05) is 20.8 Å². The molecule has 3 aromatic rings. The van der Waals surface area contributed by atoms with E-state index < -0.39 is 6.09 Å². The Labute approximate surface area is 227 Å². The molecule has 2 amide bonds. The largest absolute Gasteiger partial charge is 0.449 e. The summed E-state index contributed by atoms with van der Waals surface area (Å²) in [5.41, 5.74) is 7.35. The van der Waals surface area contributed by atoms with Gasteiger partial charge in [-0.3, -0.25) is 10.1 Å². The molecule has 1 aromatic carbocycles. The van der Waals surface area contributed by atoms with Gasteiger partial charge in [0.2, 0.25) is 17.8 Å². The number of carbonyl (C=O) groups excluding carboxylic acids is 2. The number of carbonyl (C=O) groups is 2. The second-order valence-electron chi connectivity index (χ2n) is 10.9. The van der Waals surface area contributed by atoms with Crippen molar-refractivity contribution in [2.24, 2.45) is 5.41 Å². The van der Waals surface area contributed by atoms with E-state index in [0.29, 0.717) is 36.9 Å². The molecular formula is C26H36N10O3. The summed E-state index contributed by atoms with van der Waals surface area (Å²) in [6.45, 7) is 13.3. The van der Waals surface area contributed by atoms with Crippen molar-refractivity contribution < 1.29 is 14.3 Å². The Bertz CT molecular complexity index is 1310. The van der Waals surface area contributed by atoms with Crippen molar-refractivity contribution in [3.05, 3.63) is 36.7 Å². The van der Waals surface area contributed by atoms with Crippen LogP contribution in [0.1, 0.15) is 41.5 Å². The van der Waals surface area contributed by atoms with Gasteiger partial charge in [-0.25, -0.2) is 14.8 Å². The van der Waals surface area contributed by atoms with E-state index in [1.54, 1.807) is 37.3 Å². The average Bonchev–Trinajstić information content (AvgIpc) is 3.22. The fourth-order valence-corrected chi connectivity index (χ4v) is 4.50. The van der Waals surface area contributed by atoms with Gasteiger partial charge < -0.3 is 25.6 Å². The van der Waals surface area contributed by atoms with Crippen LogP contribution in [0.4, 0.5) is 33.9 Å². The number of nitrogens with two attached hydrogens (primary N) is 1. The molecule has 4 rings (SSSR count). The number of nitrogens with zero attached hydrogens (tertiary/aromatic N) is 7. The van der Waals surface area contributed by atoms with Gasteiger partial charge >= 0.3 is 6.09 Å². The van der Waals surface area contributed by atoms with Gasteiger partial charge in [0.25, 0.3) is 0 Å². The zero-order valence-electron chi connectivity index (χ0n) is 23.2. The van der Waals surface area contributed by atoms with E-state index in [1.807, 2.05) is 39.5 Å². The molecule has 1 saturated heterocycles. The summed E-state index contributed by atoms with van der Waals surface area (Å²) in [5, 5.41) is 10.3. The van der Waals surface area contributed by atoms with Crippen LogP contribution in [0.2, 0.25) is 0 Å². The molecule has 1 aliphatic rings. The lowest BCUT2D eigenvalue weighted by atomic mass is 9.99. The predicted molar refractivity (Wildman–Crippen MR) is 149 cm³/mol. The van der Waals surface area contributed by atoms with E-state index in [1.165, 1.54) is 11.0 Å². The molecule has 13 nitrogen and oxygen atoms in total. The lowest BCUT2D eigenvalue weighted by molar-refractivity contribution is -0.133. The number of anilines is 5. The summed E-state index contributed by atoms with van der Waals surface area (Å²) < 4.78 is 6.67. The Morgan fingerprint density at radius 1 is 1.05 bits per heavy atom. The van der Waals surface area contributed by atoms with Crippen molar-refractivity contribution in [1.29, 1.82) is 0 Å². The minimum atomic E-state index is -0.507. The predicted octanol–water partition coefficient (Wildman–Crippen LogP) is 3.42. The number of nitrogen functional groups attached to an aromatic ring is 1. The molecule has 1 aliphatic heterocycles. The number of piperazine rings is 1. The maximum absolute atomic E-state index is 12.0. The van der Waals surface area contributed by atoms with Crippen molar-refractivity contribution in [3.8, 4) is 5.82 Å². The van der Waals surface area contributed by atoms with Gasteiger partial charge in [0.15, 0.2) is 5.82 Å². The highest BCUT2D eigenvalue weighted by molar-refractivity contribution is 5.85. The molecule has 3 heterocycles. The van der Waals surface area contributed by atoms with Gasteiger partial charge in [0.1, 0.15) is 12.1 Å². The lowest BCUT2D eigenvalue weighted by Gasteiger charge is -2.44. The SMILES string of the molecule is CC(=O)N1[C@H](C)CN(c2cc(-n3nc(Nc4ccc(NC(=O)OCC(C)(C)C)cc4)nc3N)ncn2)C[C@@H]1C. The summed E-state index contributed by atoms with van der Waals surface area (Å²) in [7, 11) is 0. The number of aromatic nitrogens is 5. The maximum atomic E-state index is 12.0. The fourth-order valence-electron chi connectivity index (χ4n) is 4.50. The molecule has 0 unspecified atom stereocenters. The zero-order chi connectivity index (χ0) is 28.3. The molecule has 13 heteroatoms. The summed E-state index contributed by atoms with van der Waals surface area (Å²) in [5.74, 6) is 1.70. The molecule has 1 fully saturated rings. The van der Waals surface area contributed by atoms with Gasteiger partial charge in [-0.2, -0.15) is 9.67 Å². The number of amides is 2. The van der Waals surface area contributed by atoms with Gasteiger partial charge in [-0.05, 0) is 43.5 Å². The molecule has 39 heavy (non-hydrogen) atoms. The highest BCUT2D eigenvalue weighted by Gasteiger charge is 2.32. The monoisotopic (exact) mass is 536 g/mol. The fraction of sp³-hybridized carbons (Fsp3) is 0.462. The minimum Gasteiger partial charge on any atom is -0.449 e. The second-order valence-corrected chi connectivity index (χ2v) is 10.9. The third-order valence-corrected chi connectivity index (χ3v) is 6.12. The lowest BCUT2D eigenvalue weighted by Crippen LogP contribution is -2.58. The third kappa shape index (κ3) is 6.92. The van der Waals surface area contributed by atoms with Crippen molar-refractivity contribution in [2.75, 3.05) is 41.0 Å². The molecule has 0 aliphatic carbocycles. The summed E-state index contributed by atoms with van der Waals surface area (Å²) in [4.78, 5) is 41.1. The summed E-state index contributed by atoms with van der Waals surface area (Å²) >= 11 is 0. The van der Waals surface area contributed by atoms with Crippen LogP contribution < -0.4 is 21.3 Å². The molecule has 208 valence electrons. The molecule has 0 spiro atoms. The van der Waals surface area contributed by atoms with Crippen molar-refractivity contribution in [3.63, 3.8) is 0 Å². The third-order valence-electron chi connectivity index (χ3n) is 6.12. The Kier molecular flexibility index (Phi) is 7.88. The molecular weight excluding hydrogens is 500 g/mol. The zero-order valence-corrected chi connectivity index (χ0v) is 23.2. The number of benzene rings is 1. The molecule has 0 saturated carbocycles. The van der Waals surface area contributed by atoms with Crippen LogP contribution >= 0.6 is 0 Å². The molecule has 0 bridgehead atoms. The van der Waals surface area contributed by atoms with Crippen LogP contribution in [0.5, 0.6) is 0 Å². The number of ether oxygens (including phenoxy) is 1. The number of hydrogen-bond donors (Lipinski definition) is 3. The highest BCUT2D eigenvalue weighted by Crippen LogP contribution is 2.24. The van der Waals surface area contributed by atoms with Crippen molar-refractivity contribution in [1.82, 2.24) is 29.6 Å². The molecule has 4 N–H and O–H groups in total. The van der Waals surface area contributed by atoms with Crippen molar-refractivity contribution in [2.45, 2.75) is 53.6 Å². The number of rotatable bonds is 6. The van der Waals surface area contributed by atoms with Crippen LogP contribution in [0.3, 0.4) is 0 Å². The normalized spacial score (nSPS) is 17.6. The second kappa shape index (κ2) is 11.1. The molecule has 2 atom stereocenters. The van der Waals surface area contributed by atoms with Crippen LogP contribution in [0, 0.1) is 5.41 Å². The molecule has 2 aromatic heterocycles. The van der Waals surface area contributed by atoms with E-state index in [-0.39, 0.29) is 35.3 Å². The highest BCUT2D eigenvalue weighted by atomic mass is 16.5. The van der Waals surface area contributed by atoms with Crippen LogP contribution in [-0.4, -0.2) is 73.4 Å². The molecule has 0 radical (unpaired) electrons. The first-order chi connectivity index (χ1) is 18.4. The standard InChI is InChI=1S/C26H36N10O3/c1-16-12-34(13-17(2)35(16)18(3)37)21-11-22(29-15-28-21)36-23(27)32-24(33-36)30-19-7-9-20(10-8-19)31-25(38)39-14-26(4,5)6/h7-11,15-17H,12-14H2,1-6H3,(H,31,38)(H3,27,30,32,33)/t16-,17+. The van der Waals surface area contributed by atoms with E-state index >= 15 is 0 Å². The minimum absolute atomic E-state index is 0.0487. The Hall–Kier alpha value is -4.42. The van der Waals surface area contributed by atoms with Gasteiger partial charge in [-0.15, -0.1) is 5.10 Å². The Morgan fingerprint density at radius 2 is 1.67 bits per heavy atom. The first kappa shape index (κ1) is 27.6. The first-order valence-electron chi connectivity index (χ1n) is 12.8. The quantitative estimate of drug-likeness (QED) is 0.426. The Balaban J connectivity index is 1.42. The van der Waals surface area contributed by atoms with Gasteiger partial charge in [0.05, 0.1) is 6.61 Å². The topological polar surface area (TPSA) is 156 Å². The van der Waals surface area contributed by atoms with E-state index in [4.69, 9.17) is 10.5 Å². The van der Waals surface area contributed by atoms with Crippen molar-refractivity contribution >= 4 is 41.1 Å². The maximum Gasteiger partial charge on any atom is 0.411 e.